The van der Waals surface area contributed by atoms with Gasteiger partial charge in [0.2, 0.25) is 5.88 Å². The fourth-order valence-electron chi connectivity index (χ4n) is 2.58. The number of alkyl halides is 3. The van der Waals surface area contributed by atoms with Crippen molar-refractivity contribution >= 4 is 17.7 Å². The van der Waals surface area contributed by atoms with Crippen LogP contribution in [0.5, 0.6) is 11.6 Å². The molecule has 0 unspecified atom stereocenters. The lowest BCUT2D eigenvalue weighted by atomic mass is 10.2. The number of amides is 2. The van der Waals surface area contributed by atoms with E-state index in [0.717, 1.165) is 6.07 Å². The Morgan fingerprint density at radius 2 is 1.74 bits per heavy atom. The van der Waals surface area contributed by atoms with Gasteiger partial charge >= 0.3 is 12.3 Å². The second kappa shape index (κ2) is 9.16. The van der Waals surface area contributed by atoms with Crippen molar-refractivity contribution in [3.8, 4) is 11.6 Å². The van der Waals surface area contributed by atoms with Crippen molar-refractivity contribution in [1.82, 2.24) is 10.3 Å². The van der Waals surface area contributed by atoms with Gasteiger partial charge in [0, 0.05) is 23.9 Å². The third-order valence-corrected chi connectivity index (χ3v) is 3.95. The van der Waals surface area contributed by atoms with Gasteiger partial charge in [-0.05, 0) is 42.0 Å². The van der Waals surface area contributed by atoms with Crippen LogP contribution in [0.2, 0.25) is 0 Å². The first kappa shape index (κ1) is 21.6. The Kier molecular flexibility index (Phi) is 6.39. The second-order valence-electron chi connectivity index (χ2n) is 6.31. The second-order valence-corrected chi connectivity index (χ2v) is 6.31. The first-order valence-corrected chi connectivity index (χ1v) is 8.90. The molecule has 0 spiro atoms. The van der Waals surface area contributed by atoms with Crippen LogP contribution in [0.25, 0.3) is 0 Å². The van der Waals surface area contributed by atoms with Gasteiger partial charge in [-0.2, -0.15) is 13.2 Å². The van der Waals surface area contributed by atoms with E-state index in [9.17, 15) is 22.8 Å². The van der Waals surface area contributed by atoms with Crippen LogP contribution in [-0.2, 0) is 12.7 Å². The molecule has 1 heterocycles. The van der Waals surface area contributed by atoms with Gasteiger partial charge in [0.1, 0.15) is 11.4 Å². The molecule has 0 radical (unpaired) electrons. The van der Waals surface area contributed by atoms with Gasteiger partial charge < -0.3 is 20.5 Å². The quantitative estimate of drug-likeness (QED) is 0.515. The van der Waals surface area contributed by atoms with E-state index in [4.69, 9.17) is 9.84 Å². The molecule has 10 heteroatoms. The van der Waals surface area contributed by atoms with Crippen molar-refractivity contribution in [3.63, 3.8) is 0 Å². The van der Waals surface area contributed by atoms with E-state index < -0.39 is 29.8 Å². The maximum Gasteiger partial charge on any atom is 0.433 e. The highest BCUT2D eigenvalue weighted by Gasteiger charge is 2.33. The highest BCUT2D eigenvalue weighted by molar-refractivity contribution is 6.04. The van der Waals surface area contributed by atoms with Crippen LogP contribution in [0, 0.1) is 0 Å². The molecule has 2 amide bonds. The molecule has 3 N–H and O–H groups in total. The van der Waals surface area contributed by atoms with E-state index in [1.54, 1.807) is 30.3 Å². The van der Waals surface area contributed by atoms with Gasteiger partial charge in [-0.1, -0.05) is 24.3 Å². The smallest absolute Gasteiger partial charge is 0.433 e. The average Bonchev–Trinajstić information content (AvgIpc) is 2.72. The lowest BCUT2D eigenvalue weighted by Crippen LogP contribution is -2.20. The Morgan fingerprint density at radius 1 is 1.00 bits per heavy atom. The molecular weight excluding hydrogens is 415 g/mol. The predicted octanol–water partition coefficient (Wildman–Crippen LogP) is 4.91. The van der Waals surface area contributed by atoms with E-state index in [-0.39, 0.29) is 23.4 Å². The van der Waals surface area contributed by atoms with Crippen molar-refractivity contribution in [2.75, 3.05) is 5.32 Å². The molecular formula is C21H16F3N3O4. The summed E-state index contributed by atoms with van der Waals surface area (Å²) in [5, 5.41) is 13.4. The number of aromatic nitrogens is 1. The number of benzene rings is 2. The van der Waals surface area contributed by atoms with Crippen LogP contribution in [0.4, 0.5) is 23.7 Å². The van der Waals surface area contributed by atoms with Crippen LogP contribution in [-0.4, -0.2) is 22.1 Å². The van der Waals surface area contributed by atoms with Gasteiger partial charge in [-0.3, -0.25) is 4.79 Å². The minimum absolute atomic E-state index is 0.0118. The fourth-order valence-corrected chi connectivity index (χ4v) is 2.58. The zero-order valence-corrected chi connectivity index (χ0v) is 15.8. The standard InChI is InChI=1S/C21H16F3N3O4/c22-21(23,24)17-9-13(12-25-20(29)30)10-18(27-17)31-16-8-4-5-14(11-16)19(28)26-15-6-2-1-3-7-15/h1-11,25H,12H2,(H,26,28)(H,29,30). The summed E-state index contributed by atoms with van der Waals surface area (Å²) in [6, 6.07) is 16.5. The molecule has 7 nitrogen and oxygen atoms in total. The first-order chi connectivity index (χ1) is 14.7. The highest BCUT2D eigenvalue weighted by atomic mass is 19.4. The monoisotopic (exact) mass is 431 g/mol. The summed E-state index contributed by atoms with van der Waals surface area (Å²) in [6.07, 6.45) is -6.14. The SMILES string of the molecule is O=C(O)NCc1cc(Oc2cccc(C(=O)Nc3ccccc3)c2)nc(C(F)(F)F)c1. The van der Waals surface area contributed by atoms with Gasteiger partial charge in [-0.25, -0.2) is 9.78 Å². The maximum absolute atomic E-state index is 13.2. The van der Waals surface area contributed by atoms with Crippen molar-refractivity contribution < 1.29 is 32.6 Å². The number of nitrogens with zero attached hydrogens (tertiary/aromatic N) is 1. The van der Waals surface area contributed by atoms with Gasteiger partial charge in [0.15, 0.2) is 0 Å². The summed E-state index contributed by atoms with van der Waals surface area (Å²) in [5.41, 5.74) is -0.419. The number of anilines is 1. The third kappa shape index (κ3) is 6.20. The number of rotatable bonds is 6. The van der Waals surface area contributed by atoms with Crippen molar-refractivity contribution in [2.24, 2.45) is 0 Å². The number of hydrogen-bond donors (Lipinski definition) is 3. The van der Waals surface area contributed by atoms with E-state index >= 15 is 0 Å². The molecule has 2 aromatic carbocycles. The summed E-state index contributed by atoms with van der Waals surface area (Å²) in [7, 11) is 0. The molecule has 3 rings (SSSR count). The summed E-state index contributed by atoms with van der Waals surface area (Å²) in [6.45, 7) is -0.364. The number of nitrogens with one attached hydrogen (secondary N) is 2. The minimum atomic E-state index is -4.76. The normalized spacial score (nSPS) is 10.9. The number of para-hydroxylation sites is 1. The molecule has 0 bridgehead atoms. The molecule has 0 aliphatic heterocycles. The molecule has 0 aliphatic carbocycles. The first-order valence-electron chi connectivity index (χ1n) is 8.90. The van der Waals surface area contributed by atoms with Crippen LogP contribution in [0.1, 0.15) is 21.6 Å². The van der Waals surface area contributed by atoms with Crippen LogP contribution in [0.3, 0.4) is 0 Å². The molecule has 0 fully saturated rings. The van der Waals surface area contributed by atoms with Gasteiger partial charge in [-0.15, -0.1) is 0 Å². The van der Waals surface area contributed by atoms with Crippen LogP contribution in [0.15, 0.2) is 66.7 Å². The van der Waals surface area contributed by atoms with Gasteiger partial charge in [0.05, 0.1) is 0 Å². The number of pyridine rings is 1. The third-order valence-electron chi connectivity index (χ3n) is 3.95. The number of carboxylic acid groups (broad SMARTS) is 1. The number of halogens is 3. The number of carbonyl (C=O) groups excluding carboxylic acids is 1. The predicted molar refractivity (Wildman–Crippen MR) is 105 cm³/mol. The number of hydrogen-bond acceptors (Lipinski definition) is 4. The Labute approximate surface area is 174 Å². The summed E-state index contributed by atoms with van der Waals surface area (Å²) in [4.78, 5) is 26.5. The Hall–Kier alpha value is -4.08. The highest BCUT2D eigenvalue weighted by Crippen LogP contribution is 2.31. The van der Waals surface area contributed by atoms with Crippen molar-refractivity contribution in [3.05, 3.63) is 83.6 Å². The van der Waals surface area contributed by atoms with E-state index in [0.29, 0.717) is 5.69 Å². The summed E-state index contributed by atoms with van der Waals surface area (Å²) >= 11 is 0. The molecule has 0 aliphatic rings. The van der Waals surface area contributed by atoms with E-state index in [2.05, 4.69) is 10.3 Å². The van der Waals surface area contributed by atoms with E-state index in [1.165, 1.54) is 30.3 Å². The number of carbonyl (C=O) groups is 2. The Balaban J connectivity index is 1.82. The molecule has 160 valence electrons. The minimum Gasteiger partial charge on any atom is -0.465 e. The largest absolute Gasteiger partial charge is 0.465 e. The maximum atomic E-state index is 13.2. The lowest BCUT2D eigenvalue weighted by Gasteiger charge is -2.12. The molecule has 3 aromatic rings. The molecule has 0 atom stereocenters. The van der Waals surface area contributed by atoms with Crippen molar-refractivity contribution in [2.45, 2.75) is 12.7 Å². The van der Waals surface area contributed by atoms with E-state index in [1.807, 2.05) is 5.32 Å². The molecule has 1 aromatic heterocycles. The molecule has 0 saturated carbocycles. The van der Waals surface area contributed by atoms with Crippen LogP contribution >= 0.6 is 0 Å². The summed E-state index contributed by atoms with van der Waals surface area (Å²) in [5.74, 6) is -0.734. The zero-order valence-electron chi connectivity index (χ0n) is 15.8. The Morgan fingerprint density at radius 3 is 2.42 bits per heavy atom. The topological polar surface area (TPSA) is 101 Å². The van der Waals surface area contributed by atoms with Gasteiger partial charge in [0.25, 0.3) is 5.91 Å². The molecule has 31 heavy (non-hydrogen) atoms. The lowest BCUT2D eigenvalue weighted by molar-refractivity contribution is -0.141. The summed E-state index contributed by atoms with van der Waals surface area (Å²) < 4.78 is 44.9. The van der Waals surface area contributed by atoms with Crippen LogP contribution < -0.4 is 15.4 Å². The van der Waals surface area contributed by atoms with Crippen molar-refractivity contribution in [1.29, 1.82) is 0 Å². The average molecular weight is 431 g/mol. The molecule has 0 saturated heterocycles. The Bertz CT molecular complexity index is 1090. The zero-order chi connectivity index (χ0) is 22.4. The fraction of sp³-hybridized carbons (Fsp3) is 0.0952. The number of ether oxygens (including phenoxy) is 1.